The summed E-state index contributed by atoms with van der Waals surface area (Å²) in [6, 6.07) is 9.45. The maximum absolute atomic E-state index is 12.0. The first-order chi connectivity index (χ1) is 10.1. The fourth-order valence-electron chi connectivity index (χ4n) is 2.78. The molecule has 21 heavy (non-hydrogen) atoms. The highest BCUT2D eigenvalue weighted by molar-refractivity contribution is 7.92. The van der Waals surface area contributed by atoms with Gasteiger partial charge < -0.3 is 10.3 Å². The number of aromatic amines is 1. The SMILES string of the molecule is O=c1[nH]c2ccccc2cc1CNCC1CCCS1(=O)=O. The van der Waals surface area contributed by atoms with E-state index in [4.69, 9.17) is 0 Å². The Balaban J connectivity index is 1.71. The van der Waals surface area contributed by atoms with Crippen LogP contribution in [-0.4, -0.2) is 30.9 Å². The molecule has 1 saturated heterocycles. The van der Waals surface area contributed by atoms with Crippen LogP contribution in [-0.2, 0) is 16.4 Å². The molecule has 112 valence electrons. The zero-order valence-corrected chi connectivity index (χ0v) is 12.4. The van der Waals surface area contributed by atoms with E-state index in [0.29, 0.717) is 25.1 Å². The second-order valence-corrected chi connectivity index (χ2v) is 7.87. The maximum Gasteiger partial charge on any atom is 0.252 e. The highest BCUT2D eigenvalue weighted by Crippen LogP contribution is 2.19. The Bertz CT molecular complexity index is 811. The molecule has 1 atom stereocenters. The van der Waals surface area contributed by atoms with Crippen molar-refractivity contribution in [2.45, 2.75) is 24.6 Å². The molecule has 6 heteroatoms. The molecule has 0 radical (unpaired) electrons. The van der Waals surface area contributed by atoms with Crippen molar-refractivity contribution in [1.82, 2.24) is 10.3 Å². The second-order valence-electron chi connectivity index (χ2n) is 5.47. The molecule has 0 spiro atoms. The summed E-state index contributed by atoms with van der Waals surface area (Å²) in [4.78, 5) is 14.8. The van der Waals surface area contributed by atoms with Crippen molar-refractivity contribution in [3.63, 3.8) is 0 Å². The molecule has 1 fully saturated rings. The number of H-pyrrole nitrogens is 1. The zero-order valence-electron chi connectivity index (χ0n) is 11.6. The first-order valence-electron chi connectivity index (χ1n) is 7.09. The standard InChI is InChI=1S/C15H18N2O3S/c18-15-12(8-11-4-1-2-6-14(11)17-15)9-16-10-13-5-3-7-21(13,19)20/h1-2,4,6,8,13,16H,3,5,7,9-10H2,(H,17,18). The summed E-state index contributed by atoms with van der Waals surface area (Å²) >= 11 is 0. The summed E-state index contributed by atoms with van der Waals surface area (Å²) in [7, 11) is -2.93. The van der Waals surface area contributed by atoms with Gasteiger partial charge in [0.2, 0.25) is 0 Å². The highest BCUT2D eigenvalue weighted by atomic mass is 32.2. The van der Waals surface area contributed by atoms with Gasteiger partial charge in [-0.2, -0.15) is 0 Å². The highest BCUT2D eigenvalue weighted by Gasteiger charge is 2.30. The summed E-state index contributed by atoms with van der Waals surface area (Å²) in [5.74, 6) is 0.288. The van der Waals surface area contributed by atoms with Crippen molar-refractivity contribution >= 4 is 20.7 Å². The van der Waals surface area contributed by atoms with Gasteiger partial charge in [0.15, 0.2) is 9.84 Å². The number of para-hydroxylation sites is 1. The van der Waals surface area contributed by atoms with Gasteiger partial charge in [0.1, 0.15) is 0 Å². The lowest BCUT2D eigenvalue weighted by molar-refractivity contribution is 0.573. The van der Waals surface area contributed by atoms with Crippen LogP contribution in [0.1, 0.15) is 18.4 Å². The molecular formula is C15H18N2O3S. The Labute approximate surface area is 123 Å². The predicted octanol–water partition coefficient (Wildman–Crippen LogP) is 1.19. The molecule has 1 aliphatic heterocycles. The van der Waals surface area contributed by atoms with Crippen LogP contribution in [0, 0.1) is 0 Å². The van der Waals surface area contributed by atoms with Gasteiger partial charge in [-0.25, -0.2) is 8.42 Å². The summed E-state index contributed by atoms with van der Waals surface area (Å²) in [5, 5.41) is 3.77. The van der Waals surface area contributed by atoms with Crippen LogP contribution in [0.3, 0.4) is 0 Å². The Hall–Kier alpha value is -1.66. The lowest BCUT2D eigenvalue weighted by Gasteiger charge is -2.10. The number of pyridine rings is 1. The van der Waals surface area contributed by atoms with Crippen molar-refractivity contribution in [1.29, 1.82) is 0 Å². The molecule has 1 aromatic heterocycles. The van der Waals surface area contributed by atoms with E-state index in [1.165, 1.54) is 0 Å². The quantitative estimate of drug-likeness (QED) is 0.889. The molecule has 1 unspecified atom stereocenters. The number of benzene rings is 1. The van der Waals surface area contributed by atoms with Crippen molar-refractivity contribution in [3.8, 4) is 0 Å². The van der Waals surface area contributed by atoms with Crippen LogP contribution in [0.4, 0.5) is 0 Å². The molecule has 0 aliphatic carbocycles. The van der Waals surface area contributed by atoms with Crippen LogP contribution < -0.4 is 10.9 Å². The number of sulfone groups is 1. The van der Waals surface area contributed by atoms with Crippen LogP contribution >= 0.6 is 0 Å². The normalized spacial score (nSPS) is 20.9. The minimum Gasteiger partial charge on any atom is -0.322 e. The molecule has 0 saturated carbocycles. The van der Waals surface area contributed by atoms with Gasteiger partial charge in [-0.15, -0.1) is 0 Å². The van der Waals surface area contributed by atoms with Crippen molar-refractivity contribution < 1.29 is 8.42 Å². The summed E-state index contributed by atoms with van der Waals surface area (Å²) < 4.78 is 23.5. The Morgan fingerprint density at radius 3 is 2.86 bits per heavy atom. The molecule has 2 aromatic rings. The molecule has 3 rings (SSSR count). The van der Waals surface area contributed by atoms with Crippen molar-refractivity contribution in [2.75, 3.05) is 12.3 Å². The molecular weight excluding hydrogens is 288 g/mol. The summed E-state index contributed by atoms with van der Waals surface area (Å²) in [6.07, 6.45) is 1.45. The molecule has 2 N–H and O–H groups in total. The van der Waals surface area contributed by atoms with Gasteiger partial charge in [0.05, 0.1) is 11.0 Å². The third kappa shape index (κ3) is 3.01. The van der Waals surface area contributed by atoms with Crippen LogP contribution in [0.25, 0.3) is 10.9 Å². The molecule has 1 aromatic carbocycles. The van der Waals surface area contributed by atoms with Crippen LogP contribution in [0.5, 0.6) is 0 Å². The Morgan fingerprint density at radius 1 is 1.29 bits per heavy atom. The van der Waals surface area contributed by atoms with E-state index in [2.05, 4.69) is 10.3 Å². The predicted molar refractivity (Wildman–Crippen MR) is 83.1 cm³/mol. The molecule has 2 heterocycles. The minimum absolute atomic E-state index is 0.129. The number of fused-ring (bicyclic) bond motifs is 1. The van der Waals surface area contributed by atoms with Crippen molar-refractivity contribution in [2.24, 2.45) is 0 Å². The number of nitrogens with one attached hydrogen (secondary N) is 2. The van der Waals surface area contributed by atoms with Gasteiger partial charge >= 0.3 is 0 Å². The second kappa shape index (κ2) is 5.61. The van der Waals surface area contributed by atoms with E-state index < -0.39 is 9.84 Å². The van der Waals surface area contributed by atoms with Gasteiger partial charge in [-0.05, 0) is 30.4 Å². The van der Waals surface area contributed by atoms with Crippen molar-refractivity contribution in [3.05, 3.63) is 46.2 Å². The fourth-order valence-corrected chi connectivity index (χ4v) is 4.58. The number of rotatable bonds is 4. The first kappa shape index (κ1) is 14.3. The number of aromatic nitrogens is 1. The third-order valence-electron chi connectivity index (χ3n) is 3.98. The zero-order chi connectivity index (χ0) is 14.9. The van der Waals surface area contributed by atoms with Crippen LogP contribution in [0.2, 0.25) is 0 Å². The monoisotopic (exact) mass is 306 g/mol. The molecule has 1 aliphatic rings. The van der Waals surface area contributed by atoms with E-state index in [1.807, 2.05) is 30.3 Å². The largest absolute Gasteiger partial charge is 0.322 e. The lowest BCUT2D eigenvalue weighted by atomic mass is 10.1. The number of hydrogen-bond acceptors (Lipinski definition) is 4. The van der Waals surface area contributed by atoms with Gasteiger partial charge in [0.25, 0.3) is 5.56 Å². The fraction of sp³-hybridized carbons (Fsp3) is 0.400. The smallest absolute Gasteiger partial charge is 0.252 e. The maximum atomic E-state index is 12.0. The van der Waals surface area contributed by atoms with Gasteiger partial charge in [-0.3, -0.25) is 4.79 Å². The van der Waals surface area contributed by atoms with Crippen LogP contribution in [0.15, 0.2) is 35.1 Å². The Morgan fingerprint density at radius 2 is 2.10 bits per heavy atom. The Kier molecular flexibility index (Phi) is 3.82. The number of hydrogen-bond donors (Lipinski definition) is 2. The average molecular weight is 306 g/mol. The molecule has 0 bridgehead atoms. The molecule has 0 amide bonds. The summed E-state index contributed by atoms with van der Waals surface area (Å²) in [5.41, 5.74) is 1.31. The lowest BCUT2D eigenvalue weighted by Crippen LogP contribution is -2.31. The van der Waals surface area contributed by atoms with E-state index >= 15 is 0 Å². The van der Waals surface area contributed by atoms with E-state index in [0.717, 1.165) is 17.3 Å². The van der Waals surface area contributed by atoms with E-state index in [-0.39, 0.29) is 16.6 Å². The van der Waals surface area contributed by atoms with E-state index in [1.54, 1.807) is 0 Å². The third-order valence-corrected chi connectivity index (χ3v) is 6.26. The topological polar surface area (TPSA) is 79.0 Å². The minimum atomic E-state index is -2.93. The summed E-state index contributed by atoms with van der Waals surface area (Å²) in [6.45, 7) is 0.792. The van der Waals surface area contributed by atoms with Gasteiger partial charge in [0, 0.05) is 24.2 Å². The average Bonchev–Trinajstić information content (AvgIpc) is 2.78. The van der Waals surface area contributed by atoms with E-state index in [9.17, 15) is 13.2 Å². The molecule has 5 nitrogen and oxygen atoms in total. The van der Waals surface area contributed by atoms with Gasteiger partial charge in [-0.1, -0.05) is 18.2 Å². The first-order valence-corrected chi connectivity index (χ1v) is 8.81.